The zero-order valence-electron chi connectivity index (χ0n) is 21.4. The Kier molecular flexibility index (Phi) is 8.52. The van der Waals surface area contributed by atoms with Gasteiger partial charge in [-0.3, -0.25) is 9.69 Å². The lowest BCUT2D eigenvalue weighted by molar-refractivity contribution is -0.127. The maximum Gasteiger partial charge on any atom is 0.246 e. The van der Waals surface area contributed by atoms with Gasteiger partial charge in [0.1, 0.15) is 17.3 Å². The molecule has 2 aliphatic rings. The molecular formula is C26H33ClN6O4. The Hall–Kier alpha value is -3.34. The number of rotatable bonds is 9. The molecule has 1 unspecified atom stereocenters. The first-order valence-corrected chi connectivity index (χ1v) is 12.5. The van der Waals surface area contributed by atoms with Crippen LogP contribution in [0.3, 0.4) is 0 Å². The molecule has 3 heterocycles. The monoisotopic (exact) mass is 528 g/mol. The first-order chi connectivity index (χ1) is 17.9. The molecule has 1 atom stereocenters. The number of methoxy groups -OCH3 is 2. The van der Waals surface area contributed by atoms with E-state index in [9.17, 15) is 9.90 Å². The summed E-state index contributed by atoms with van der Waals surface area (Å²) < 4.78 is 10.9. The van der Waals surface area contributed by atoms with Crippen molar-refractivity contribution in [3.05, 3.63) is 47.1 Å². The maximum absolute atomic E-state index is 11.9. The molecule has 0 radical (unpaired) electrons. The van der Waals surface area contributed by atoms with Crippen molar-refractivity contribution in [3.8, 4) is 11.5 Å². The number of hydrogen-bond acceptors (Lipinski definition) is 9. The second-order valence-electron chi connectivity index (χ2n) is 8.81. The van der Waals surface area contributed by atoms with Crippen molar-refractivity contribution < 1.29 is 19.4 Å². The summed E-state index contributed by atoms with van der Waals surface area (Å²) in [6.07, 6.45) is 4.73. The Morgan fingerprint density at radius 3 is 2.65 bits per heavy atom. The van der Waals surface area contributed by atoms with Crippen molar-refractivity contribution in [2.45, 2.75) is 12.6 Å². The van der Waals surface area contributed by atoms with Crippen LogP contribution in [0.15, 0.2) is 31.0 Å². The number of hydrogen-bond donors (Lipinski definition) is 2. The number of benzene rings is 1. The predicted molar refractivity (Wildman–Crippen MR) is 145 cm³/mol. The maximum atomic E-state index is 11.9. The fraction of sp³-hybridized carbons (Fsp3) is 0.423. The molecule has 2 aliphatic heterocycles. The van der Waals surface area contributed by atoms with E-state index in [1.54, 1.807) is 32.5 Å². The highest BCUT2D eigenvalue weighted by Gasteiger charge is 2.31. The van der Waals surface area contributed by atoms with E-state index in [1.807, 2.05) is 15.9 Å². The summed E-state index contributed by atoms with van der Waals surface area (Å²) in [5.74, 6) is 2.11. The third-order valence-corrected chi connectivity index (χ3v) is 7.08. The number of piperazine rings is 1. The second kappa shape index (κ2) is 11.8. The Morgan fingerprint density at radius 1 is 1.24 bits per heavy atom. The molecule has 10 nitrogen and oxygen atoms in total. The number of aliphatic hydroxyl groups excluding tert-OH is 1. The number of fused-ring (bicyclic) bond motifs is 1. The highest BCUT2D eigenvalue weighted by Crippen LogP contribution is 2.42. The number of carbonyl (C=O) groups excluding carboxylic acids is 1. The van der Waals surface area contributed by atoms with E-state index in [4.69, 9.17) is 21.1 Å². The van der Waals surface area contributed by atoms with Crippen molar-refractivity contribution in [1.82, 2.24) is 19.8 Å². The first kappa shape index (κ1) is 26.7. The predicted octanol–water partition coefficient (Wildman–Crippen LogP) is 2.59. The molecule has 1 fully saturated rings. The number of anilines is 2. The van der Waals surface area contributed by atoms with E-state index < -0.39 is 6.23 Å². The Bertz CT molecular complexity index is 1180. The molecule has 4 rings (SSSR count). The van der Waals surface area contributed by atoms with E-state index in [1.165, 1.54) is 13.2 Å². The summed E-state index contributed by atoms with van der Waals surface area (Å²) in [7, 11) is 4.86. The molecule has 0 saturated carbocycles. The summed E-state index contributed by atoms with van der Waals surface area (Å²) in [6.45, 7) is 7.91. The third kappa shape index (κ3) is 5.66. The molecule has 1 aromatic heterocycles. The number of aromatic nitrogens is 2. The van der Waals surface area contributed by atoms with Crippen LogP contribution in [0, 0.1) is 0 Å². The zero-order chi connectivity index (χ0) is 26.5. The molecule has 2 aromatic rings. The van der Waals surface area contributed by atoms with Crippen LogP contribution in [0.25, 0.3) is 11.6 Å². The first-order valence-electron chi connectivity index (χ1n) is 12.2. The Labute approximate surface area is 222 Å². The summed E-state index contributed by atoms with van der Waals surface area (Å²) in [5, 5.41) is 14.9. The Morgan fingerprint density at radius 2 is 2.00 bits per heavy atom. The van der Waals surface area contributed by atoms with Gasteiger partial charge in [-0.05, 0) is 31.2 Å². The van der Waals surface area contributed by atoms with Gasteiger partial charge < -0.3 is 29.7 Å². The number of aliphatic hydroxyl groups is 1. The van der Waals surface area contributed by atoms with Crippen LogP contribution >= 0.6 is 11.6 Å². The van der Waals surface area contributed by atoms with Gasteiger partial charge in [0, 0.05) is 68.7 Å². The number of nitrogens with zero attached hydrogens (tertiary/aromatic N) is 5. The third-order valence-electron chi connectivity index (χ3n) is 6.69. The van der Waals surface area contributed by atoms with Crippen LogP contribution in [-0.4, -0.2) is 97.5 Å². The van der Waals surface area contributed by atoms with Gasteiger partial charge in [0.2, 0.25) is 11.9 Å². The van der Waals surface area contributed by atoms with Gasteiger partial charge in [-0.1, -0.05) is 18.2 Å². The second-order valence-corrected chi connectivity index (χ2v) is 9.18. The minimum Gasteiger partial charge on any atom is -0.497 e. The highest BCUT2D eigenvalue weighted by molar-refractivity contribution is 6.34. The highest BCUT2D eigenvalue weighted by atomic mass is 35.5. The standard InChI is InChI=1S/C26H33ClN6O4/c1-5-22(34)32-11-9-31(10-12-32)7-6-8-33-24-17(16-29-26(28-2)30-24)13-20(25(33)35)19-14-18(36-3)15-21(37-4)23(19)27/h5,13-16,25,35H,1,6-12H2,2-4H3,(H,28,29,30). The molecule has 37 heavy (non-hydrogen) atoms. The van der Waals surface area contributed by atoms with Gasteiger partial charge in [-0.25, -0.2) is 4.98 Å². The van der Waals surface area contributed by atoms with E-state index in [2.05, 4.69) is 26.8 Å². The van der Waals surface area contributed by atoms with Crippen molar-refractivity contribution in [1.29, 1.82) is 0 Å². The number of carbonyl (C=O) groups is 1. The molecule has 1 amide bonds. The minimum absolute atomic E-state index is 0.0279. The summed E-state index contributed by atoms with van der Waals surface area (Å²) in [6, 6.07) is 3.49. The fourth-order valence-corrected chi connectivity index (χ4v) is 4.94. The molecule has 1 aromatic carbocycles. The molecule has 198 valence electrons. The van der Waals surface area contributed by atoms with E-state index in [0.717, 1.165) is 31.6 Å². The Balaban J connectivity index is 1.57. The topological polar surface area (TPSA) is 103 Å². The van der Waals surface area contributed by atoms with Crippen molar-refractivity contribution in [2.24, 2.45) is 0 Å². The van der Waals surface area contributed by atoms with Gasteiger partial charge >= 0.3 is 0 Å². The van der Waals surface area contributed by atoms with Crippen LogP contribution in [-0.2, 0) is 4.79 Å². The van der Waals surface area contributed by atoms with Gasteiger partial charge in [-0.2, -0.15) is 4.98 Å². The van der Waals surface area contributed by atoms with E-state index in [-0.39, 0.29) is 5.91 Å². The minimum atomic E-state index is -0.997. The lowest BCUT2D eigenvalue weighted by atomic mass is 9.97. The average Bonchev–Trinajstić information content (AvgIpc) is 2.93. The zero-order valence-corrected chi connectivity index (χ0v) is 22.2. The fourth-order valence-electron chi connectivity index (χ4n) is 4.64. The largest absolute Gasteiger partial charge is 0.497 e. The van der Waals surface area contributed by atoms with Gasteiger partial charge in [0.05, 0.1) is 19.2 Å². The summed E-state index contributed by atoms with van der Waals surface area (Å²) in [4.78, 5) is 26.9. The number of halogens is 1. The summed E-state index contributed by atoms with van der Waals surface area (Å²) in [5.41, 5.74) is 1.99. The molecule has 0 aliphatic carbocycles. The van der Waals surface area contributed by atoms with Crippen LogP contribution in [0.5, 0.6) is 11.5 Å². The van der Waals surface area contributed by atoms with Gasteiger partial charge in [-0.15, -0.1) is 0 Å². The number of ether oxygens (including phenoxy) is 2. The van der Waals surface area contributed by atoms with Crippen LogP contribution in [0.2, 0.25) is 5.02 Å². The quantitative estimate of drug-likeness (QED) is 0.475. The molecule has 2 N–H and O–H groups in total. The SMILES string of the molecule is C=CC(=O)N1CCN(CCCN2c3nc(NC)ncc3C=C(c3cc(OC)cc(OC)c3Cl)C2O)CC1. The molecular weight excluding hydrogens is 496 g/mol. The molecule has 0 bridgehead atoms. The number of amides is 1. The van der Waals surface area contributed by atoms with Crippen molar-refractivity contribution in [2.75, 3.05) is 70.8 Å². The van der Waals surface area contributed by atoms with E-state index >= 15 is 0 Å². The molecule has 0 spiro atoms. The summed E-state index contributed by atoms with van der Waals surface area (Å²) >= 11 is 6.68. The van der Waals surface area contributed by atoms with Gasteiger partial charge in [0.15, 0.2) is 6.23 Å². The average molecular weight is 529 g/mol. The number of nitrogens with one attached hydrogen (secondary N) is 1. The lowest BCUT2D eigenvalue weighted by Gasteiger charge is -2.37. The smallest absolute Gasteiger partial charge is 0.246 e. The normalized spacial score (nSPS) is 17.6. The molecule has 1 saturated heterocycles. The van der Waals surface area contributed by atoms with Crippen LogP contribution < -0.4 is 19.7 Å². The van der Waals surface area contributed by atoms with E-state index in [0.29, 0.717) is 59.1 Å². The molecule has 11 heteroatoms. The van der Waals surface area contributed by atoms with Crippen molar-refractivity contribution >= 4 is 40.9 Å². The van der Waals surface area contributed by atoms with Crippen LogP contribution in [0.4, 0.5) is 11.8 Å². The van der Waals surface area contributed by atoms with Crippen LogP contribution in [0.1, 0.15) is 17.5 Å². The lowest BCUT2D eigenvalue weighted by Crippen LogP contribution is -2.49. The van der Waals surface area contributed by atoms with Crippen molar-refractivity contribution in [3.63, 3.8) is 0 Å². The van der Waals surface area contributed by atoms with Gasteiger partial charge in [0.25, 0.3) is 0 Å².